The quantitative estimate of drug-likeness (QED) is 0.797. The second kappa shape index (κ2) is 6.18. The fraction of sp³-hybridized carbons (Fsp3) is 0.450. The highest BCUT2D eigenvalue weighted by atomic mass is 19.4. The van der Waals surface area contributed by atoms with Gasteiger partial charge in [0.05, 0.1) is 11.1 Å². The lowest BCUT2D eigenvalue weighted by molar-refractivity contribution is -0.137. The summed E-state index contributed by atoms with van der Waals surface area (Å²) >= 11 is 0. The maximum Gasteiger partial charge on any atom is 0.418 e. The van der Waals surface area contributed by atoms with Gasteiger partial charge in [-0.15, -0.1) is 0 Å². The van der Waals surface area contributed by atoms with Crippen LogP contribution in [0.1, 0.15) is 53.1 Å². The third-order valence-electron chi connectivity index (χ3n) is 5.62. The largest absolute Gasteiger partial charge is 0.418 e. The predicted octanol–water partition coefficient (Wildman–Crippen LogP) is 5.20. The van der Waals surface area contributed by atoms with E-state index in [4.69, 9.17) is 0 Å². The van der Waals surface area contributed by atoms with Crippen molar-refractivity contribution in [3.8, 4) is 0 Å². The van der Waals surface area contributed by atoms with Crippen LogP contribution in [0, 0.1) is 11.8 Å². The molecule has 2 aliphatic rings. The molecule has 0 spiro atoms. The number of aryl methyl sites for hydroxylation is 1. The number of para-hydroxylation sites is 1. The highest BCUT2D eigenvalue weighted by Crippen LogP contribution is 2.54. The molecule has 6 heteroatoms. The summed E-state index contributed by atoms with van der Waals surface area (Å²) in [6, 6.07) is 7.46. The van der Waals surface area contributed by atoms with E-state index in [1.807, 2.05) is 12.1 Å². The minimum atomic E-state index is -4.56. The van der Waals surface area contributed by atoms with Gasteiger partial charge in [-0.3, -0.25) is 4.79 Å². The lowest BCUT2D eigenvalue weighted by Crippen LogP contribution is -2.25. The van der Waals surface area contributed by atoms with Gasteiger partial charge < -0.3 is 9.88 Å². The van der Waals surface area contributed by atoms with Crippen LogP contribution in [-0.4, -0.2) is 10.5 Å². The fourth-order valence-corrected chi connectivity index (χ4v) is 4.02. The molecule has 0 radical (unpaired) electrons. The Morgan fingerprint density at radius 3 is 2.46 bits per heavy atom. The summed E-state index contributed by atoms with van der Waals surface area (Å²) < 4.78 is 40.7. The minimum absolute atomic E-state index is 0.348. The summed E-state index contributed by atoms with van der Waals surface area (Å²) in [7, 11) is 1.48. The molecule has 4 rings (SSSR count). The number of rotatable bonds is 4. The molecule has 3 nitrogen and oxygen atoms in total. The first kappa shape index (κ1) is 17.2. The predicted molar refractivity (Wildman–Crippen MR) is 93.0 cm³/mol. The Morgan fingerprint density at radius 2 is 1.81 bits per heavy atom. The molecule has 1 heterocycles. The van der Waals surface area contributed by atoms with Crippen LogP contribution in [0.15, 0.2) is 36.7 Å². The number of amides is 1. The van der Waals surface area contributed by atoms with Crippen molar-refractivity contribution in [1.29, 1.82) is 0 Å². The van der Waals surface area contributed by atoms with Gasteiger partial charge in [-0.25, -0.2) is 0 Å². The van der Waals surface area contributed by atoms with Crippen LogP contribution in [0.3, 0.4) is 0 Å². The van der Waals surface area contributed by atoms with E-state index >= 15 is 0 Å². The van der Waals surface area contributed by atoms with E-state index < -0.39 is 17.6 Å². The number of anilines is 1. The normalized spacial score (nSPS) is 22.8. The minimum Gasteiger partial charge on any atom is -0.356 e. The molecule has 2 aromatic rings. The first-order valence-electron chi connectivity index (χ1n) is 8.96. The van der Waals surface area contributed by atoms with Crippen molar-refractivity contribution < 1.29 is 18.0 Å². The first-order valence-corrected chi connectivity index (χ1v) is 8.96. The molecular formula is C20H21F3N2O. The lowest BCUT2D eigenvalue weighted by atomic mass is 9.69. The van der Waals surface area contributed by atoms with Crippen molar-refractivity contribution in [3.63, 3.8) is 0 Å². The van der Waals surface area contributed by atoms with Gasteiger partial charge in [-0.1, -0.05) is 18.2 Å². The highest BCUT2D eigenvalue weighted by molar-refractivity contribution is 6.05. The number of carbonyl (C=O) groups excluding carboxylic acids is 1. The zero-order valence-corrected chi connectivity index (χ0v) is 14.5. The first-order chi connectivity index (χ1) is 12.3. The second-order valence-electron chi connectivity index (χ2n) is 7.56. The fourth-order valence-electron chi connectivity index (χ4n) is 4.02. The van der Waals surface area contributed by atoms with E-state index in [1.54, 1.807) is 12.1 Å². The van der Waals surface area contributed by atoms with E-state index in [-0.39, 0.29) is 5.56 Å². The average Bonchev–Trinajstić information content (AvgIpc) is 3.27. The van der Waals surface area contributed by atoms with Crippen molar-refractivity contribution >= 4 is 11.6 Å². The number of nitrogens with one attached hydrogen (secondary N) is 1. The van der Waals surface area contributed by atoms with Crippen LogP contribution < -0.4 is 5.32 Å². The number of halogens is 3. The van der Waals surface area contributed by atoms with Gasteiger partial charge >= 0.3 is 6.18 Å². The molecule has 0 aliphatic heterocycles. The molecule has 2 aliphatic carbocycles. The zero-order chi connectivity index (χ0) is 18.5. The van der Waals surface area contributed by atoms with Gasteiger partial charge in [0, 0.05) is 25.1 Å². The number of hydrogen-bond acceptors (Lipinski definition) is 1. The van der Waals surface area contributed by atoms with Gasteiger partial charge in [-0.2, -0.15) is 13.2 Å². The molecular weight excluding hydrogens is 341 g/mol. The Bertz CT molecular complexity index is 830. The summed E-state index contributed by atoms with van der Waals surface area (Å²) in [5, 5.41) is 2.71. The van der Waals surface area contributed by atoms with Gasteiger partial charge in [0.15, 0.2) is 0 Å². The standard InChI is InChI=1S/C20H21F3N2O/c1-25-10-16(17(11-25)20(21,22)23)19(26)24-18-5-3-2-4-15(18)14-8-13(9-14)12-6-7-12/h2-5,10-14H,6-9H2,1H3,(H,24,26). The maximum absolute atomic E-state index is 13.2. The Kier molecular flexibility index (Phi) is 4.09. The number of alkyl halides is 3. The van der Waals surface area contributed by atoms with Gasteiger partial charge in [0.25, 0.3) is 5.91 Å². The van der Waals surface area contributed by atoms with Gasteiger partial charge in [-0.05, 0) is 55.1 Å². The molecule has 1 N–H and O–H groups in total. The molecule has 138 valence electrons. The Morgan fingerprint density at radius 1 is 1.12 bits per heavy atom. The van der Waals surface area contributed by atoms with E-state index in [9.17, 15) is 18.0 Å². The van der Waals surface area contributed by atoms with E-state index in [2.05, 4.69) is 5.32 Å². The molecule has 2 fully saturated rings. The Labute approximate surface area is 150 Å². The van der Waals surface area contributed by atoms with Crippen molar-refractivity contribution in [1.82, 2.24) is 4.57 Å². The van der Waals surface area contributed by atoms with Crippen LogP contribution in [0.5, 0.6) is 0 Å². The van der Waals surface area contributed by atoms with E-state index in [0.717, 1.165) is 36.4 Å². The van der Waals surface area contributed by atoms with Crippen molar-refractivity contribution in [2.24, 2.45) is 18.9 Å². The number of nitrogens with zero attached hydrogens (tertiary/aromatic N) is 1. The van der Waals surface area contributed by atoms with Crippen LogP contribution in [0.25, 0.3) is 0 Å². The molecule has 0 atom stereocenters. The maximum atomic E-state index is 13.2. The van der Waals surface area contributed by atoms with Gasteiger partial charge in [0.2, 0.25) is 0 Å². The Hall–Kier alpha value is -2.24. The summed E-state index contributed by atoms with van der Waals surface area (Å²) in [6.07, 6.45) is 2.46. The third kappa shape index (κ3) is 3.24. The number of aromatic nitrogens is 1. The molecule has 0 bridgehead atoms. The van der Waals surface area contributed by atoms with Crippen molar-refractivity contribution in [2.45, 2.75) is 37.8 Å². The lowest BCUT2D eigenvalue weighted by Gasteiger charge is -2.37. The molecule has 0 unspecified atom stereocenters. The summed E-state index contributed by atoms with van der Waals surface area (Å²) in [5.74, 6) is 1.31. The summed E-state index contributed by atoms with van der Waals surface area (Å²) in [5.41, 5.74) is 0.391. The molecule has 1 aromatic heterocycles. The highest BCUT2D eigenvalue weighted by Gasteiger charge is 2.41. The molecule has 0 saturated heterocycles. The smallest absolute Gasteiger partial charge is 0.356 e. The van der Waals surface area contributed by atoms with Crippen LogP contribution in [0.4, 0.5) is 18.9 Å². The van der Waals surface area contributed by atoms with Crippen LogP contribution >= 0.6 is 0 Å². The van der Waals surface area contributed by atoms with Crippen LogP contribution in [0.2, 0.25) is 0 Å². The third-order valence-corrected chi connectivity index (χ3v) is 5.62. The topological polar surface area (TPSA) is 34.0 Å². The molecule has 2 saturated carbocycles. The Balaban J connectivity index is 1.54. The second-order valence-corrected chi connectivity index (χ2v) is 7.56. The number of benzene rings is 1. The SMILES string of the molecule is Cn1cc(C(=O)Nc2ccccc2C2CC(C3CC3)C2)c(C(F)(F)F)c1. The number of carbonyl (C=O) groups is 1. The molecule has 26 heavy (non-hydrogen) atoms. The molecule has 1 amide bonds. The zero-order valence-electron chi connectivity index (χ0n) is 14.5. The van der Waals surface area contributed by atoms with Gasteiger partial charge in [0.1, 0.15) is 0 Å². The van der Waals surface area contributed by atoms with Crippen molar-refractivity contribution in [2.75, 3.05) is 5.32 Å². The van der Waals surface area contributed by atoms with E-state index in [0.29, 0.717) is 11.6 Å². The summed E-state index contributed by atoms with van der Waals surface area (Å²) in [4.78, 5) is 12.5. The van der Waals surface area contributed by atoms with Crippen molar-refractivity contribution in [3.05, 3.63) is 53.3 Å². The number of hydrogen-bond donors (Lipinski definition) is 1. The van der Waals surface area contributed by atoms with E-state index in [1.165, 1.54) is 30.7 Å². The van der Waals surface area contributed by atoms with Crippen LogP contribution in [-0.2, 0) is 13.2 Å². The monoisotopic (exact) mass is 362 g/mol. The summed E-state index contributed by atoms with van der Waals surface area (Å²) in [6.45, 7) is 0. The average molecular weight is 362 g/mol. The molecule has 1 aromatic carbocycles.